The van der Waals surface area contributed by atoms with Crippen LogP contribution >= 0.6 is 34.8 Å². The van der Waals surface area contributed by atoms with Crippen molar-refractivity contribution in [2.24, 2.45) is 0 Å². The molecule has 0 spiro atoms. The second-order valence-electron chi connectivity index (χ2n) is 6.00. The van der Waals surface area contributed by atoms with Crippen molar-refractivity contribution in [2.75, 3.05) is 0 Å². The van der Waals surface area contributed by atoms with Crippen molar-refractivity contribution in [3.8, 4) is 5.88 Å². The Hall–Kier alpha value is -1.49. The number of ether oxygens (including phenoxy) is 1. The number of nitrogens with zero attached hydrogens (tertiary/aromatic N) is 1. The van der Waals surface area contributed by atoms with Gasteiger partial charge in [-0.25, -0.2) is 4.98 Å². The van der Waals surface area contributed by atoms with Crippen LogP contribution in [0.1, 0.15) is 36.0 Å². The molecule has 1 N–H and O–H groups in total. The van der Waals surface area contributed by atoms with E-state index in [1.807, 2.05) is 0 Å². The molecule has 1 heterocycles. The van der Waals surface area contributed by atoms with Crippen LogP contribution in [-0.2, 0) is 0 Å². The van der Waals surface area contributed by atoms with Crippen LogP contribution in [0, 0.1) is 0 Å². The number of aromatic nitrogens is 1. The highest BCUT2D eigenvalue weighted by molar-refractivity contribution is 6.36. The second-order valence-corrected chi connectivity index (χ2v) is 7.28. The van der Waals surface area contributed by atoms with Crippen LogP contribution < -0.4 is 10.1 Å². The van der Waals surface area contributed by atoms with Crippen LogP contribution in [0.5, 0.6) is 5.88 Å². The number of nitrogens with one attached hydrogen (secondary N) is 1. The smallest absolute Gasteiger partial charge is 0.253 e. The van der Waals surface area contributed by atoms with Crippen molar-refractivity contribution >= 4 is 40.7 Å². The number of rotatable bonds is 4. The number of amides is 1. The molecule has 2 aromatic rings. The van der Waals surface area contributed by atoms with Crippen molar-refractivity contribution in [2.45, 2.75) is 37.8 Å². The van der Waals surface area contributed by atoms with E-state index in [1.165, 1.54) is 0 Å². The van der Waals surface area contributed by atoms with Gasteiger partial charge in [-0.15, -0.1) is 0 Å². The average Bonchev–Trinajstić information content (AvgIpc) is 2.58. The molecule has 0 radical (unpaired) electrons. The zero-order valence-corrected chi connectivity index (χ0v) is 15.6. The predicted octanol–water partition coefficient (Wildman–Crippen LogP) is 5.16. The summed E-state index contributed by atoms with van der Waals surface area (Å²) in [7, 11) is 0. The van der Waals surface area contributed by atoms with E-state index < -0.39 is 0 Å². The van der Waals surface area contributed by atoms with Gasteiger partial charge in [-0.3, -0.25) is 4.79 Å². The van der Waals surface area contributed by atoms with Crippen LogP contribution in [-0.4, -0.2) is 23.0 Å². The van der Waals surface area contributed by atoms with Crippen molar-refractivity contribution in [3.05, 3.63) is 57.2 Å². The van der Waals surface area contributed by atoms with E-state index in [1.54, 1.807) is 36.5 Å². The Balaban J connectivity index is 1.50. The predicted molar refractivity (Wildman–Crippen MR) is 99.8 cm³/mol. The van der Waals surface area contributed by atoms with Crippen molar-refractivity contribution in [1.29, 1.82) is 0 Å². The molecule has 0 bridgehead atoms. The molecule has 1 aromatic heterocycles. The molecule has 1 fully saturated rings. The Labute approximate surface area is 161 Å². The van der Waals surface area contributed by atoms with Gasteiger partial charge in [-0.2, -0.15) is 0 Å². The molecule has 0 unspecified atom stereocenters. The fraction of sp³-hybridized carbons (Fsp3) is 0.333. The Morgan fingerprint density at radius 2 is 1.76 bits per heavy atom. The summed E-state index contributed by atoms with van der Waals surface area (Å²) in [5.41, 5.74) is 0.440. The Morgan fingerprint density at radius 3 is 2.40 bits per heavy atom. The summed E-state index contributed by atoms with van der Waals surface area (Å²) in [6, 6.07) is 8.50. The van der Waals surface area contributed by atoms with E-state index in [2.05, 4.69) is 10.3 Å². The molecular formula is C18H17Cl3N2O2. The molecule has 1 amide bonds. The quantitative estimate of drug-likeness (QED) is 0.772. The van der Waals surface area contributed by atoms with Crippen molar-refractivity contribution in [3.63, 3.8) is 0 Å². The zero-order chi connectivity index (χ0) is 17.8. The zero-order valence-electron chi connectivity index (χ0n) is 13.3. The van der Waals surface area contributed by atoms with Crippen LogP contribution in [0.4, 0.5) is 0 Å². The Morgan fingerprint density at radius 1 is 1.04 bits per heavy atom. The number of carbonyl (C=O) groups is 1. The minimum absolute atomic E-state index is 0.0981. The Kier molecular flexibility index (Phi) is 6.05. The highest BCUT2D eigenvalue weighted by Gasteiger charge is 2.24. The number of halogens is 3. The van der Waals surface area contributed by atoms with Crippen LogP contribution in [0.2, 0.25) is 15.1 Å². The van der Waals surface area contributed by atoms with Crippen molar-refractivity contribution < 1.29 is 9.53 Å². The molecule has 3 rings (SSSR count). The van der Waals surface area contributed by atoms with Gasteiger partial charge in [0.15, 0.2) is 0 Å². The monoisotopic (exact) mass is 398 g/mol. The summed E-state index contributed by atoms with van der Waals surface area (Å²) in [6.07, 6.45) is 5.05. The lowest BCUT2D eigenvalue weighted by molar-refractivity contribution is 0.0890. The molecular weight excluding hydrogens is 383 g/mol. The second kappa shape index (κ2) is 8.26. The van der Waals surface area contributed by atoms with Gasteiger partial charge in [0.2, 0.25) is 5.88 Å². The van der Waals surface area contributed by atoms with Gasteiger partial charge >= 0.3 is 0 Å². The minimum atomic E-state index is -0.176. The van der Waals surface area contributed by atoms with Crippen molar-refractivity contribution in [1.82, 2.24) is 10.3 Å². The molecule has 25 heavy (non-hydrogen) atoms. The molecule has 1 aliphatic rings. The largest absolute Gasteiger partial charge is 0.474 e. The van der Waals surface area contributed by atoms with Crippen LogP contribution in [0.25, 0.3) is 0 Å². The first-order valence-electron chi connectivity index (χ1n) is 8.05. The maximum Gasteiger partial charge on any atom is 0.253 e. The minimum Gasteiger partial charge on any atom is -0.474 e. The summed E-state index contributed by atoms with van der Waals surface area (Å²) in [4.78, 5) is 16.5. The van der Waals surface area contributed by atoms with E-state index in [9.17, 15) is 4.79 Å². The van der Waals surface area contributed by atoms with Gasteiger partial charge in [-0.05, 0) is 49.9 Å². The summed E-state index contributed by atoms with van der Waals surface area (Å²) >= 11 is 17.8. The van der Waals surface area contributed by atoms with E-state index >= 15 is 0 Å². The number of carbonyl (C=O) groups excluding carboxylic acids is 1. The lowest BCUT2D eigenvalue weighted by atomic mass is 9.92. The number of hydrogen-bond acceptors (Lipinski definition) is 3. The number of hydrogen-bond donors (Lipinski definition) is 1. The van der Waals surface area contributed by atoms with E-state index in [4.69, 9.17) is 39.5 Å². The third-order valence-electron chi connectivity index (χ3n) is 4.17. The highest BCUT2D eigenvalue weighted by Crippen LogP contribution is 2.25. The third kappa shape index (κ3) is 5.00. The summed E-state index contributed by atoms with van der Waals surface area (Å²) < 4.78 is 5.86. The molecule has 132 valence electrons. The molecule has 0 aliphatic heterocycles. The molecule has 4 nitrogen and oxygen atoms in total. The van der Waals surface area contributed by atoms with Gasteiger partial charge in [0, 0.05) is 23.3 Å². The van der Waals surface area contributed by atoms with Gasteiger partial charge < -0.3 is 10.1 Å². The molecule has 0 saturated heterocycles. The standard InChI is InChI=1S/C18H17Cl3N2O2/c19-11-1-7-15(16(21)9-11)18(24)23-13-3-5-14(6-4-13)25-17-8-2-12(20)10-22-17/h1-2,7-10,13-14H,3-6H2,(H,23,24). The Bertz CT molecular complexity index is 744. The molecule has 1 aliphatic carbocycles. The maximum atomic E-state index is 12.4. The first-order chi connectivity index (χ1) is 12.0. The lowest BCUT2D eigenvalue weighted by Crippen LogP contribution is -2.39. The summed E-state index contributed by atoms with van der Waals surface area (Å²) in [6.45, 7) is 0. The van der Waals surface area contributed by atoms with Gasteiger partial charge in [-0.1, -0.05) is 34.8 Å². The number of pyridine rings is 1. The van der Waals surface area contributed by atoms with Gasteiger partial charge in [0.05, 0.1) is 15.6 Å². The first-order valence-corrected chi connectivity index (χ1v) is 9.19. The molecule has 0 atom stereocenters. The normalized spacial score (nSPS) is 20.1. The average molecular weight is 400 g/mol. The van der Waals surface area contributed by atoms with Crippen LogP contribution in [0.15, 0.2) is 36.5 Å². The third-order valence-corrected chi connectivity index (χ3v) is 4.94. The van der Waals surface area contributed by atoms with Gasteiger partial charge in [0.1, 0.15) is 6.10 Å². The highest BCUT2D eigenvalue weighted by atomic mass is 35.5. The van der Waals surface area contributed by atoms with E-state index in [0.717, 1.165) is 25.7 Å². The van der Waals surface area contributed by atoms with Gasteiger partial charge in [0.25, 0.3) is 5.91 Å². The topological polar surface area (TPSA) is 51.2 Å². The lowest BCUT2D eigenvalue weighted by Gasteiger charge is -2.29. The fourth-order valence-electron chi connectivity index (χ4n) is 2.86. The molecule has 1 saturated carbocycles. The maximum absolute atomic E-state index is 12.4. The molecule has 1 aromatic carbocycles. The van der Waals surface area contributed by atoms with E-state index in [0.29, 0.717) is 26.5 Å². The SMILES string of the molecule is O=C(NC1CCC(Oc2ccc(Cl)cn2)CC1)c1ccc(Cl)cc1Cl. The van der Waals surface area contributed by atoms with Crippen LogP contribution in [0.3, 0.4) is 0 Å². The first kappa shape index (κ1) is 18.3. The fourth-order valence-corrected chi connectivity index (χ4v) is 3.47. The molecule has 7 heteroatoms. The number of benzene rings is 1. The summed E-state index contributed by atoms with van der Waals surface area (Å²) in [5.74, 6) is 0.398. The summed E-state index contributed by atoms with van der Waals surface area (Å²) in [5, 5.41) is 4.48. The van der Waals surface area contributed by atoms with E-state index in [-0.39, 0.29) is 18.1 Å².